The Morgan fingerprint density at radius 1 is 0.906 bits per heavy atom. The maximum atomic E-state index is 13.6. The van der Waals surface area contributed by atoms with Crippen LogP contribution in [0, 0.1) is 5.92 Å². The summed E-state index contributed by atoms with van der Waals surface area (Å²) in [5.74, 6) is -2.83. The summed E-state index contributed by atoms with van der Waals surface area (Å²) in [6, 6.07) is 25.6. The first-order valence-electron chi connectivity index (χ1n) is 10.9. The minimum atomic E-state index is -2.86. The molecule has 0 aliphatic carbocycles. The van der Waals surface area contributed by atoms with Gasteiger partial charge in [-0.3, -0.25) is 4.79 Å². The smallest absolute Gasteiger partial charge is 0.270 e. The highest BCUT2D eigenvalue weighted by Crippen LogP contribution is 2.27. The number of nitrogens with one attached hydrogen (secondary N) is 2. The lowest BCUT2D eigenvalue weighted by atomic mass is 9.94. The molecule has 1 amide bonds. The summed E-state index contributed by atoms with van der Waals surface area (Å²) in [7, 11) is 0. The molecule has 0 heterocycles. The summed E-state index contributed by atoms with van der Waals surface area (Å²) in [5, 5.41) is 6.54. The van der Waals surface area contributed by atoms with E-state index in [4.69, 9.17) is 0 Å². The second-order valence-electron chi connectivity index (χ2n) is 8.33. The van der Waals surface area contributed by atoms with Gasteiger partial charge in [0.25, 0.3) is 11.8 Å². The van der Waals surface area contributed by atoms with Gasteiger partial charge in [-0.05, 0) is 48.2 Å². The van der Waals surface area contributed by atoms with Crippen LogP contribution in [0.15, 0.2) is 84.9 Å². The zero-order valence-corrected chi connectivity index (χ0v) is 18.5. The molecule has 0 fully saturated rings. The van der Waals surface area contributed by atoms with Gasteiger partial charge in [0.15, 0.2) is 0 Å². The number of benzene rings is 3. The monoisotopic (exact) mass is 436 g/mol. The third-order valence-corrected chi connectivity index (χ3v) is 5.57. The lowest BCUT2D eigenvalue weighted by Crippen LogP contribution is -2.44. The van der Waals surface area contributed by atoms with Crippen molar-refractivity contribution in [2.24, 2.45) is 5.92 Å². The van der Waals surface area contributed by atoms with E-state index < -0.39 is 5.92 Å². The van der Waals surface area contributed by atoms with Crippen molar-refractivity contribution < 1.29 is 13.6 Å². The average molecular weight is 437 g/mol. The quantitative estimate of drug-likeness (QED) is 0.437. The van der Waals surface area contributed by atoms with Crippen LogP contribution in [0.25, 0.3) is 0 Å². The number of alkyl halides is 2. The number of carbonyl (C=O) groups excluding carboxylic acids is 1. The number of rotatable bonds is 10. The molecule has 0 radical (unpaired) electrons. The van der Waals surface area contributed by atoms with Crippen LogP contribution in [0.2, 0.25) is 0 Å². The Kier molecular flexibility index (Phi) is 8.12. The Hall–Kier alpha value is -3.05. The molecule has 168 valence electrons. The van der Waals surface area contributed by atoms with Crippen LogP contribution in [-0.4, -0.2) is 18.5 Å². The van der Waals surface area contributed by atoms with E-state index in [1.54, 1.807) is 18.2 Å². The van der Waals surface area contributed by atoms with E-state index in [-0.39, 0.29) is 23.4 Å². The maximum Gasteiger partial charge on any atom is 0.270 e. The minimum Gasteiger partial charge on any atom is -0.349 e. The summed E-state index contributed by atoms with van der Waals surface area (Å²) in [4.78, 5) is 12.8. The number of hydrogen-bond acceptors (Lipinski definition) is 2. The van der Waals surface area contributed by atoms with Crippen LogP contribution in [0.3, 0.4) is 0 Å². The second-order valence-corrected chi connectivity index (χ2v) is 8.33. The summed E-state index contributed by atoms with van der Waals surface area (Å²) in [6.07, 6.45) is 0.708. The molecule has 5 heteroatoms. The highest BCUT2D eigenvalue weighted by molar-refractivity contribution is 5.94. The largest absolute Gasteiger partial charge is 0.349 e. The third-order valence-electron chi connectivity index (χ3n) is 5.57. The molecule has 0 aliphatic heterocycles. The van der Waals surface area contributed by atoms with Gasteiger partial charge in [0, 0.05) is 30.6 Å². The molecule has 3 aromatic rings. The van der Waals surface area contributed by atoms with Gasteiger partial charge in [-0.2, -0.15) is 0 Å². The van der Waals surface area contributed by atoms with Crippen molar-refractivity contribution in [2.75, 3.05) is 6.54 Å². The van der Waals surface area contributed by atoms with Gasteiger partial charge in [-0.25, -0.2) is 8.78 Å². The zero-order valence-electron chi connectivity index (χ0n) is 18.5. The number of carbonyl (C=O) groups is 1. The predicted octanol–water partition coefficient (Wildman–Crippen LogP) is 5.57. The lowest BCUT2D eigenvalue weighted by molar-refractivity contribution is 0.0174. The number of amides is 1. The second kappa shape index (κ2) is 11.0. The fourth-order valence-corrected chi connectivity index (χ4v) is 3.64. The topological polar surface area (TPSA) is 41.1 Å². The van der Waals surface area contributed by atoms with Gasteiger partial charge in [0.2, 0.25) is 0 Å². The number of halogens is 2. The Morgan fingerprint density at radius 3 is 2.19 bits per heavy atom. The fourth-order valence-electron chi connectivity index (χ4n) is 3.64. The van der Waals surface area contributed by atoms with E-state index in [9.17, 15) is 13.6 Å². The van der Waals surface area contributed by atoms with Crippen molar-refractivity contribution in [3.63, 3.8) is 0 Å². The van der Waals surface area contributed by atoms with Gasteiger partial charge in [-0.15, -0.1) is 0 Å². The van der Waals surface area contributed by atoms with E-state index >= 15 is 0 Å². The van der Waals surface area contributed by atoms with Crippen molar-refractivity contribution in [2.45, 2.75) is 38.8 Å². The molecule has 2 atom stereocenters. The highest BCUT2D eigenvalue weighted by Gasteiger charge is 2.24. The summed E-state index contributed by atoms with van der Waals surface area (Å²) in [6.45, 7) is 4.12. The van der Waals surface area contributed by atoms with Crippen LogP contribution >= 0.6 is 0 Å². The average Bonchev–Trinajstić information content (AvgIpc) is 2.79. The number of hydrogen-bond donors (Lipinski definition) is 2. The molecule has 0 spiro atoms. The molecule has 0 saturated heterocycles. The van der Waals surface area contributed by atoms with E-state index in [1.165, 1.54) is 12.1 Å². The van der Waals surface area contributed by atoms with E-state index in [0.29, 0.717) is 25.1 Å². The Bertz CT molecular complexity index is 987. The Balaban J connectivity index is 1.64. The molecule has 3 rings (SSSR count). The first kappa shape index (κ1) is 23.6. The molecule has 0 saturated carbocycles. The minimum absolute atomic E-state index is 0.0157. The van der Waals surface area contributed by atoms with Gasteiger partial charge in [0.05, 0.1) is 0 Å². The SMILES string of the molecule is CC(CNCc1cccc(C(C)(F)F)c1)C(Cc1ccccc1)NC(=O)c1ccccc1. The third kappa shape index (κ3) is 6.99. The first-order chi connectivity index (χ1) is 15.3. The first-order valence-corrected chi connectivity index (χ1v) is 10.9. The summed E-state index contributed by atoms with van der Waals surface area (Å²) >= 11 is 0. The van der Waals surface area contributed by atoms with Gasteiger partial charge >= 0.3 is 0 Å². The van der Waals surface area contributed by atoms with Crippen LogP contribution in [0.1, 0.15) is 40.9 Å². The van der Waals surface area contributed by atoms with Crippen LogP contribution in [-0.2, 0) is 18.9 Å². The molecule has 3 aromatic carbocycles. The van der Waals surface area contributed by atoms with Crippen LogP contribution < -0.4 is 10.6 Å². The fraction of sp³-hybridized carbons (Fsp3) is 0.296. The molecule has 0 aliphatic rings. The predicted molar refractivity (Wildman–Crippen MR) is 125 cm³/mol. The van der Waals surface area contributed by atoms with Gasteiger partial charge < -0.3 is 10.6 Å². The molecule has 32 heavy (non-hydrogen) atoms. The zero-order chi connectivity index (χ0) is 23.0. The molecular weight excluding hydrogens is 406 g/mol. The Labute approximate surface area is 188 Å². The van der Waals surface area contributed by atoms with Crippen LogP contribution in [0.4, 0.5) is 8.78 Å². The molecule has 2 N–H and O–H groups in total. The van der Waals surface area contributed by atoms with E-state index in [2.05, 4.69) is 29.7 Å². The lowest BCUT2D eigenvalue weighted by Gasteiger charge is -2.26. The van der Waals surface area contributed by atoms with E-state index in [0.717, 1.165) is 18.1 Å². The van der Waals surface area contributed by atoms with Crippen LogP contribution in [0.5, 0.6) is 0 Å². The van der Waals surface area contributed by atoms with Crippen molar-refractivity contribution in [3.8, 4) is 0 Å². The maximum absolute atomic E-state index is 13.6. The normalized spacial score (nSPS) is 13.4. The van der Waals surface area contributed by atoms with Crippen molar-refractivity contribution in [1.82, 2.24) is 10.6 Å². The molecular formula is C27H30F2N2O. The standard InChI is InChI=1S/C27H30F2N2O/c1-20(18-30-19-22-12-9-15-24(16-22)27(2,28)29)25(17-21-10-5-3-6-11-21)31-26(32)23-13-7-4-8-14-23/h3-16,20,25,30H,17-19H2,1-2H3,(H,31,32). The van der Waals surface area contributed by atoms with E-state index in [1.807, 2.05) is 42.5 Å². The summed E-state index contributed by atoms with van der Waals surface area (Å²) < 4.78 is 27.2. The van der Waals surface area contributed by atoms with Crippen molar-refractivity contribution >= 4 is 5.91 Å². The van der Waals surface area contributed by atoms with Gasteiger partial charge in [0.1, 0.15) is 0 Å². The van der Waals surface area contributed by atoms with Gasteiger partial charge in [-0.1, -0.05) is 73.7 Å². The Morgan fingerprint density at radius 2 is 1.53 bits per heavy atom. The molecule has 2 unspecified atom stereocenters. The molecule has 0 bridgehead atoms. The molecule has 3 nitrogen and oxygen atoms in total. The highest BCUT2D eigenvalue weighted by atomic mass is 19.3. The molecule has 0 aromatic heterocycles. The van der Waals surface area contributed by atoms with Crippen molar-refractivity contribution in [3.05, 3.63) is 107 Å². The van der Waals surface area contributed by atoms with Crippen molar-refractivity contribution in [1.29, 1.82) is 0 Å². The summed E-state index contributed by atoms with van der Waals surface area (Å²) in [5.41, 5.74) is 2.60.